The highest BCUT2D eigenvalue weighted by molar-refractivity contribution is 5.82. The van der Waals surface area contributed by atoms with Crippen molar-refractivity contribution >= 4 is 5.91 Å². The van der Waals surface area contributed by atoms with Gasteiger partial charge in [0.2, 0.25) is 5.91 Å². The van der Waals surface area contributed by atoms with Crippen LogP contribution in [0.15, 0.2) is 18.2 Å². The third-order valence-electron chi connectivity index (χ3n) is 5.61. The van der Waals surface area contributed by atoms with Crippen LogP contribution in [0.25, 0.3) is 0 Å². The summed E-state index contributed by atoms with van der Waals surface area (Å²) in [4.78, 5) is 14.5. The molecule has 3 aliphatic rings. The van der Waals surface area contributed by atoms with Crippen molar-refractivity contribution in [2.24, 2.45) is 11.8 Å². The van der Waals surface area contributed by atoms with Crippen molar-refractivity contribution < 1.29 is 9.53 Å². The fraction of sp³-hybridized carbons (Fsp3) is 0.588. The van der Waals surface area contributed by atoms with Gasteiger partial charge in [0.25, 0.3) is 0 Å². The van der Waals surface area contributed by atoms with Gasteiger partial charge in [0, 0.05) is 13.0 Å². The molecule has 1 aliphatic carbocycles. The van der Waals surface area contributed by atoms with Gasteiger partial charge in [-0.3, -0.25) is 4.79 Å². The average Bonchev–Trinajstić information content (AvgIpc) is 2.88. The first-order chi connectivity index (χ1) is 9.65. The third-order valence-corrected chi connectivity index (χ3v) is 5.61. The van der Waals surface area contributed by atoms with Gasteiger partial charge in [-0.1, -0.05) is 13.0 Å². The number of carbonyl (C=O) groups is 1. The summed E-state index contributed by atoms with van der Waals surface area (Å²) in [5.41, 5.74) is 2.77. The van der Waals surface area contributed by atoms with E-state index in [0.29, 0.717) is 17.7 Å². The molecule has 1 aromatic carbocycles. The molecule has 1 saturated heterocycles. The summed E-state index contributed by atoms with van der Waals surface area (Å²) < 4.78 is 5.36. The Morgan fingerprint density at radius 3 is 3.05 bits per heavy atom. The van der Waals surface area contributed by atoms with Crippen LogP contribution in [-0.2, 0) is 16.8 Å². The zero-order valence-electron chi connectivity index (χ0n) is 12.2. The van der Waals surface area contributed by atoms with E-state index in [1.807, 2.05) is 0 Å². The van der Waals surface area contributed by atoms with Crippen molar-refractivity contribution in [2.45, 2.75) is 38.1 Å². The zero-order chi connectivity index (χ0) is 13.9. The largest absolute Gasteiger partial charge is 0.497 e. The molecule has 3 heteroatoms. The third kappa shape index (κ3) is 1.38. The van der Waals surface area contributed by atoms with Crippen LogP contribution in [0.2, 0.25) is 0 Å². The maximum Gasteiger partial charge on any atom is 0.223 e. The Labute approximate surface area is 119 Å². The van der Waals surface area contributed by atoms with Gasteiger partial charge >= 0.3 is 0 Å². The van der Waals surface area contributed by atoms with Gasteiger partial charge in [0.05, 0.1) is 12.6 Å². The van der Waals surface area contributed by atoms with Gasteiger partial charge < -0.3 is 9.64 Å². The van der Waals surface area contributed by atoms with Crippen LogP contribution < -0.4 is 4.74 Å². The van der Waals surface area contributed by atoms with E-state index in [4.69, 9.17) is 4.74 Å². The number of fused-ring (bicyclic) bond motifs is 1. The first-order valence-corrected chi connectivity index (χ1v) is 7.63. The van der Waals surface area contributed by atoms with E-state index in [0.717, 1.165) is 31.6 Å². The molecule has 1 spiro atoms. The number of methoxy groups -OCH3 is 1. The summed E-state index contributed by atoms with van der Waals surface area (Å²) in [5, 5.41) is 0. The lowest BCUT2D eigenvalue weighted by Gasteiger charge is -2.44. The molecule has 20 heavy (non-hydrogen) atoms. The molecule has 2 aliphatic heterocycles. The molecule has 0 bridgehead atoms. The van der Waals surface area contributed by atoms with E-state index < -0.39 is 0 Å². The van der Waals surface area contributed by atoms with Crippen molar-refractivity contribution in [1.82, 2.24) is 4.90 Å². The first-order valence-electron chi connectivity index (χ1n) is 7.63. The molecule has 0 aromatic heterocycles. The monoisotopic (exact) mass is 271 g/mol. The van der Waals surface area contributed by atoms with Crippen molar-refractivity contribution in [3.8, 4) is 5.75 Å². The summed E-state index contributed by atoms with van der Waals surface area (Å²) >= 11 is 0. The van der Waals surface area contributed by atoms with Crippen LogP contribution in [0.4, 0.5) is 0 Å². The summed E-state index contributed by atoms with van der Waals surface area (Å²) in [6.45, 7) is 3.20. The van der Waals surface area contributed by atoms with Crippen molar-refractivity contribution in [2.75, 3.05) is 13.7 Å². The lowest BCUT2D eigenvalue weighted by Crippen LogP contribution is -2.49. The van der Waals surface area contributed by atoms with E-state index in [1.165, 1.54) is 17.5 Å². The number of amides is 1. The van der Waals surface area contributed by atoms with Gasteiger partial charge in [-0.2, -0.15) is 0 Å². The summed E-state index contributed by atoms with van der Waals surface area (Å²) in [6.07, 6.45) is 4.02. The minimum atomic E-state index is -0.00362. The second kappa shape index (κ2) is 4.00. The van der Waals surface area contributed by atoms with Crippen LogP contribution >= 0.6 is 0 Å². The lowest BCUT2D eigenvalue weighted by atomic mass is 9.76. The van der Waals surface area contributed by atoms with E-state index in [2.05, 4.69) is 30.0 Å². The molecule has 3 nitrogen and oxygen atoms in total. The van der Waals surface area contributed by atoms with Gasteiger partial charge in [-0.05, 0) is 54.4 Å². The molecule has 2 heterocycles. The molecule has 0 N–H and O–H groups in total. The number of hydrogen-bond donors (Lipinski definition) is 0. The average molecular weight is 271 g/mol. The molecule has 0 radical (unpaired) electrons. The van der Waals surface area contributed by atoms with Crippen molar-refractivity contribution in [3.63, 3.8) is 0 Å². The quantitative estimate of drug-likeness (QED) is 0.786. The van der Waals surface area contributed by atoms with Crippen molar-refractivity contribution in [3.05, 3.63) is 29.3 Å². The topological polar surface area (TPSA) is 29.5 Å². The van der Waals surface area contributed by atoms with Gasteiger partial charge in [0.15, 0.2) is 0 Å². The Morgan fingerprint density at radius 1 is 1.40 bits per heavy atom. The molecule has 106 valence electrons. The lowest BCUT2D eigenvalue weighted by molar-refractivity contribution is -0.132. The zero-order valence-corrected chi connectivity index (χ0v) is 12.2. The van der Waals surface area contributed by atoms with Crippen LogP contribution in [0.1, 0.15) is 37.3 Å². The standard InChI is InChI=1S/C17H21NO2/c1-11-7-13-9-16(19)18-6-5-12-8-14(20-2)3-4-15(12)17(13,18)10-11/h3-4,8,11,13H,5-7,9-10H2,1-2H3/t11-,13-,17-/m1/s1. The first kappa shape index (κ1) is 12.2. The normalized spacial score (nSPS) is 34.7. The Kier molecular flexibility index (Phi) is 2.45. The summed E-state index contributed by atoms with van der Waals surface area (Å²) in [7, 11) is 1.72. The minimum Gasteiger partial charge on any atom is -0.497 e. The van der Waals surface area contributed by atoms with Crippen LogP contribution in [0, 0.1) is 11.8 Å². The molecule has 0 unspecified atom stereocenters. The fourth-order valence-corrected chi connectivity index (χ4v) is 4.95. The van der Waals surface area contributed by atoms with Gasteiger partial charge in [-0.15, -0.1) is 0 Å². The Morgan fingerprint density at radius 2 is 2.25 bits per heavy atom. The number of hydrogen-bond acceptors (Lipinski definition) is 2. The van der Waals surface area contributed by atoms with Crippen LogP contribution in [-0.4, -0.2) is 24.5 Å². The molecule has 1 saturated carbocycles. The summed E-state index contributed by atoms with van der Waals surface area (Å²) in [6, 6.07) is 6.44. The fourth-order valence-electron chi connectivity index (χ4n) is 4.95. The molecule has 2 fully saturated rings. The maximum atomic E-state index is 12.4. The Balaban J connectivity index is 1.89. The van der Waals surface area contributed by atoms with E-state index in [9.17, 15) is 4.79 Å². The highest BCUT2D eigenvalue weighted by atomic mass is 16.5. The molecular formula is C17H21NO2. The number of nitrogens with zero attached hydrogens (tertiary/aromatic N) is 1. The number of carbonyl (C=O) groups excluding carboxylic acids is 1. The molecule has 3 atom stereocenters. The predicted molar refractivity (Wildman–Crippen MR) is 76.6 cm³/mol. The van der Waals surface area contributed by atoms with Gasteiger partial charge in [-0.25, -0.2) is 0 Å². The Bertz CT molecular complexity index is 582. The molecule has 1 amide bonds. The van der Waals surface area contributed by atoms with Crippen molar-refractivity contribution in [1.29, 1.82) is 0 Å². The molecule has 1 aromatic rings. The van der Waals surface area contributed by atoms with Crippen LogP contribution in [0.3, 0.4) is 0 Å². The highest BCUT2D eigenvalue weighted by Gasteiger charge is 2.59. The van der Waals surface area contributed by atoms with E-state index in [1.54, 1.807) is 7.11 Å². The van der Waals surface area contributed by atoms with E-state index in [-0.39, 0.29) is 5.54 Å². The predicted octanol–water partition coefficient (Wildman–Crippen LogP) is 2.73. The molecule has 4 rings (SSSR count). The number of benzene rings is 1. The minimum absolute atomic E-state index is 0.00362. The number of rotatable bonds is 1. The Hall–Kier alpha value is -1.51. The SMILES string of the molecule is COc1ccc2c(c1)CCN1C(=O)C[C@H]3C[C@@H](C)C[C@]231. The maximum absolute atomic E-state index is 12.4. The summed E-state index contributed by atoms with van der Waals surface area (Å²) in [5.74, 6) is 2.52. The smallest absolute Gasteiger partial charge is 0.223 e. The highest BCUT2D eigenvalue weighted by Crippen LogP contribution is 2.58. The molecular weight excluding hydrogens is 250 g/mol. The van der Waals surface area contributed by atoms with E-state index >= 15 is 0 Å². The second-order valence-corrected chi connectivity index (χ2v) is 6.69. The second-order valence-electron chi connectivity index (χ2n) is 6.69. The number of ether oxygens (including phenoxy) is 1. The van der Waals surface area contributed by atoms with Gasteiger partial charge in [0.1, 0.15) is 5.75 Å². The van der Waals surface area contributed by atoms with Crippen LogP contribution in [0.5, 0.6) is 5.75 Å².